The highest BCUT2D eigenvalue weighted by atomic mass is 32.2. The molecule has 0 aliphatic heterocycles. The molecule has 1 N–H and O–H groups in total. The van der Waals surface area contributed by atoms with Gasteiger partial charge in [-0.3, -0.25) is 4.79 Å². The molecule has 21 heavy (non-hydrogen) atoms. The fraction of sp³-hybridized carbons (Fsp3) is 0.333. The molecule has 0 saturated carbocycles. The van der Waals surface area contributed by atoms with Gasteiger partial charge in [0.2, 0.25) is 10.0 Å². The van der Waals surface area contributed by atoms with Gasteiger partial charge in [0, 0.05) is 6.54 Å². The van der Waals surface area contributed by atoms with Crippen molar-refractivity contribution in [3.05, 3.63) is 29.8 Å². The Labute approximate surface area is 120 Å². The van der Waals surface area contributed by atoms with E-state index in [0.29, 0.717) is 12.1 Å². The molecule has 9 heteroatoms. The van der Waals surface area contributed by atoms with Crippen molar-refractivity contribution >= 4 is 16.0 Å². The summed E-state index contributed by atoms with van der Waals surface area (Å²) >= 11 is 0. The van der Waals surface area contributed by atoms with E-state index in [-0.39, 0.29) is 13.0 Å². The molecule has 114 valence electrons. The van der Waals surface area contributed by atoms with Crippen molar-refractivity contribution in [1.29, 1.82) is 5.26 Å². The predicted octanol–water partition coefficient (Wildman–Crippen LogP) is 1.09. The number of esters is 1. The first-order valence-corrected chi connectivity index (χ1v) is 7.28. The van der Waals surface area contributed by atoms with Crippen LogP contribution in [0.15, 0.2) is 23.1 Å². The average Bonchev–Trinajstić information content (AvgIpc) is 2.41. The molecule has 0 saturated heterocycles. The first-order chi connectivity index (χ1) is 9.76. The topological polar surface area (TPSA) is 96.3 Å². The van der Waals surface area contributed by atoms with Crippen molar-refractivity contribution in [3.8, 4) is 6.07 Å². The van der Waals surface area contributed by atoms with Crippen LogP contribution in [0.4, 0.5) is 8.78 Å². The molecule has 0 unspecified atom stereocenters. The number of carbonyl (C=O) groups is 1. The fourth-order valence-electron chi connectivity index (χ4n) is 1.30. The lowest BCUT2D eigenvalue weighted by Gasteiger charge is -2.08. The molecule has 1 aromatic carbocycles. The van der Waals surface area contributed by atoms with Crippen LogP contribution >= 0.6 is 0 Å². The Morgan fingerprint density at radius 1 is 1.43 bits per heavy atom. The van der Waals surface area contributed by atoms with E-state index < -0.39 is 38.6 Å². The number of nitriles is 1. The van der Waals surface area contributed by atoms with Crippen LogP contribution in [-0.4, -0.2) is 27.0 Å². The summed E-state index contributed by atoms with van der Waals surface area (Å²) in [4.78, 5) is 10.8. The van der Waals surface area contributed by atoms with Gasteiger partial charge in [0.05, 0.1) is 11.3 Å². The second-order valence-corrected chi connectivity index (χ2v) is 5.75. The summed E-state index contributed by atoms with van der Waals surface area (Å²) in [5, 5.41) is 8.43. The molecular weight excluding hydrogens is 306 g/mol. The van der Waals surface area contributed by atoms with Crippen LogP contribution in [0.5, 0.6) is 0 Å². The molecule has 0 aliphatic rings. The maximum atomic E-state index is 13.0. The third kappa shape index (κ3) is 5.09. The summed E-state index contributed by atoms with van der Waals surface area (Å²) < 4.78 is 55.8. The molecule has 1 aromatic rings. The van der Waals surface area contributed by atoms with E-state index in [1.54, 1.807) is 6.07 Å². The summed E-state index contributed by atoms with van der Waals surface area (Å²) in [5.41, 5.74) is 0. The predicted molar refractivity (Wildman–Crippen MR) is 67.3 cm³/mol. The van der Waals surface area contributed by atoms with Gasteiger partial charge in [-0.2, -0.15) is 5.26 Å². The number of benzene rings is 1. The number of nitrogens with one attached hydrogen (secondary N) is 1. The van der Waals surface area contributed by atoms with Crippen LogP contribution in [0.2, 0.25) is 0 Å². The molecule has 6 nitrogen and oxygen atoms in total. The maximum absolute atomic E-state index is 13.0. The minimum atomic E-state index is -4.06. The Kier molecular flexibility index (Phi) is 5.75. The second kappa shape index (κ2) is 7.10. The molecule has 0 spiro atoms. The smallest absolute Gasteiger partial charge is 0.308 e. The quantitative estimate of drug-likeness (QED) is 0.792. The van der Waals surface area contributed by atoms with E-state index in [0.717, 1.165) is 6.07 Å². The zero-order valence-electron chi connectivity index (χ0n) is 11.0. The van der Waals surface area contributed by atoms with E-state index >= 15 is 0 Å². The van der Waals surface area contributed by atoms with Crippen LogP contribution in [-0.2, 0) is 19.6 Å². The highest BCUT2D eigenvalue weighted by Gasteiger charge is 2.17. The van der Waals surface area contributed by atoms with Crippen molar-refractivity contribution in [1.82, 2.24) is 4.72 Å². The minimum Gasteiger partial charge on any atom is -0.447 e. The summed E-state index contributed by atoms with van der Waals surface area (Å²) in [6.07, 6.45) is -1.23. The molecule has 0 bridgehead atoms. The summed E-state index contributed by atoms with van der Waals surface area (Å²) in [7, 11) is -4.06. The van der Waals surface area contributed by atoms with E-state index in [1.807, 2.05) is 4.72 Å². The normalized spacial score (nSPS) is 12.5. The highest BCUT2D eigenvalue weighted by Crippen LogP contribution is 2.13. The number of carbonyl (C=O) groups excluding carboxylic acids is 1. The standard InChI is InChI=1S/C12H12F2N2O4S/c1-8(7-15)20-12(17)4-5-16-21(18,19)9-2-3-10(13)11(14)6-9/h2-3,6,8,16H,4-5H2,1H3/t8-/m1/s1. The van der Waals surface area contributed by atoms with Gasteiger partial charge >= 0.3 is 5.97 Å². The van der Waals surface area contributed by atoms with Crippen LogP contribution in [0, 0.1) is 23.0 Å². The summed E-state index contributed by atoms with van der Waals surface area (Å²) in [6, 6.07) is 3.80. The maximum Gasteiger partial charge on any atom is 0.308 e. The number of sulfonamides is 1. The number of nitrogens with zero attached hydrogens (tertiary/aromatic N) is 1. The number of hydrogen-bond acceptors (Lipinski definition) is 5. The van der Waals surface area contributed by atoms with Gasteiger partial charge in [-0.25, -0.2) is 21.9 Å². The third-order valence-electron chi connectivity index (χ3n) is 2.31. The van der Waals surface area contributed by atoms with Crippen LogP contribution in [0.3, 0.4) is 0 Å². The lowest BCUT2D eigenvalue weighted by atomic mass is 10.3. The molecular formula is C12H12F2N2O4S. The van der Waals surface area contributed by atoms with Crippen molar-refractivity contribution in [2.24, 2.45) is 0 Å². The molecule has 0 radical (unpaired) electrons. The van der Waals surface area contributed by atoms with Gasteiger partial charge < -0.3 is 4.74 Å². The zero-order valence-corrected chi connectivity index (χ0v) is 11.8. The largest absolute Gasteiger partial charge is 0.447 e. The van der Waals surface area contributed by atoms with Crippen LogP contribution in [0.1, 0.15) is 13.3 Å². The number of rotatable bonds is 6. The lowest BCUT2D eigenvalue weighted by Crippen LogP contribution is -2.27. The first-order valence-electron chi connectivity index (χ1n) is 5.80. The average molecular weight is 318 g/mol. The highest BCUT2D eigenvalue weighted by molar-refractivity contribution is 7.89. The molecule has 0 fully saturated rings. The van der Waals surface area contributed by atoms with Gasteiger partial charge in [-0.1, -0.05) is 0 Å². The van der Waals surface area contributed by atoms with Crippen LogP contribution in [0.25, 0.3) is 0 Å². The van der Waals surface area contributed by atoms with Crippen molar-refractivity contribution in [3.63, 3.8) is 0 Å². The molecule has 0 aliphatic carbocycles. The van der Waals surface area contributed by atoms with E-state index in [2.05, 4.69) is 4.74 Å². The SMILES string of the molecule is C[C@H](C#N)OC(=O)CCNS(=O)(=O)c1ccc(F)c(F)c1. The minimum absolute atomic E-state index is 0.293. The molecule has 1 atom stereocenters. The van der Waals surface area contributed by atoms with E-state index in [4.69, 9.17) is 5.26 Å². The summed E-state index contributed by atoms with van der Waals surface area (Å²) in [6.45, 7) is 1.07. The van der Waals surface area contributed by atoms with E-state index in [1.165, 1.54) is 6.92 Å². The Bertz CT molecular complexity index is 670. The molecule has 0 heterocycles. The number of halogens is 2. The van der Waals surface area contributed by atoms with Gasteiger partial charge in [-0.05, 0) is 25.1 Å². The second-order valence-electron chi connectivity index (χ2n) is 3.98. The van der Waals surface area contributed by atoms with Gasteiger partial charge in [0.1, 0.15) is 6.07 Å². The molecule has 1 rings (SSSR count). The fourth-order valence-corrected chi connectivity index (χ4v) is 2.34. The Hall–Kier alpha value is -2.05. The van der Waals surface area contributed by atoms with Crippen molar-refractivity contribution in [2.45, 2.75) is 24.3 Å². The summed E-state index contributed by atoms with van der Waals surface area (Å²) in [5.74, 6) is -3.21. The van der Waals surface area contributed by atoms with E-state index in [9.17, 15) is 22.0 Å². The Morgan fingerprint density at radius 2 is 2.10 bits per heavy atom. The Morgan fingerprint density at radius 3 is 2.67 bits per heavy atom. The molecule has 0 aromatic heterocycles. The first kappa shape index (κ1) is 17.0. The molecule has 0 amide bonds. The van der Waals surface area contributed by atoms with Crippen molar-refractivity contribution in [2.75, 3.05) is 6.54 Å². The lowest BCUT2D eigenvalue weighted by molar-refractivity contribution is -0.145. The third-order valence-corrected chi connectivity index (χ3v) is 3.77. The number of hydrogen-bond donors (Lipinski definition) is 1. The zero-order chi connectivity index (χ0) is 16.0. The van der Waals surface area contributed by atoms with Crippen LogP contribution < -0.4 is 4.72 Å². The van der Waals surface area contributed by atoms with Gasteiger partial charge in [-0.15, -0.1) is 0 Å². The van der Waals surface area contributed by atoms with Crippen molar-refractivity contribution < 1.29 is 26.7 Å². The van der Waals surface area contributed by atoms with Gasteiger partial charge in [0.15, 0.2) is 17.7 Å². The monoisotopic (exact) mass is 318 g/mol. The van der Waals surface area contributed by atoms with Gasteiger partial charge in [0.25, 0.3) is 0 Å². The number of ether oxygens (including phenoxy) is 1. The Balaban J connectivity index is 2.60.